The minimum atomic E-state index is -4.75. The van der Waals surface area contributed by atoms with Gasteiger partial charge in [-0.05, 0) is 35.0 Å². The molecule has 0 spiro atoms. The standard InChI is InChI=1S/C25H20Cl2F3NOSi/c1-33(2,3)11-10-16-8-9-22(21-7-5-4-6-20(16)21)23-15-24(32-31-23,25(28,29)30)17-12-18(26)14-19(27)13-17/h4-9,12-14H,15H2,1-3H3. The molecule has 0 fully saturated rings. The third-order valence-corrected chi connectivity index (χ3v) is 6.63. The van der Waals surface area contributed by atoms with E-state index in [1.54, 1.807) is 6.07 Å². The average molecular weight is 506 g/mol. The van der Waals surface area contributed by atoms with E-state index in [0.29, 0.717) is 5.56 Å². The molecule has 8 heteroatoms. The number of halogens is 5. The van der Waals surface area contributed by atoms with E-state index in [9.17, 15) is 13.2 Å². The summed E-state index contributed by atoms with van der Waals surface area (Å²) in [4.78, 5) is 5.16. The van der Waals surface area contributed by atoms with Gasteiger partial charge in [0.1, 0.15) is 8.07 Å². The van der Waals surface area contributed by atoms with Crippen molar-refractivity contribution in [3.8, 4) is 11.5 Å². The van der Waals surface area contributed by atoms with Crippen molar-refractivity contribution in [2.24, 2.45) is 5.16 Å². The highest BCUT2D eigenvalue weighted by atomic mass is 35.5. The van der Waals surface area contributed by atoms with Crippen LogP contribution in [0.15, 0.2) is 59.8 Å². The Kier molecular flexibility index (Phi) is 6.02. The van der Waals surface area contributed by atoms with Crippen molar-refractivity contribution < 1.29 is 18.0 Å². The molecule has 0 saturated heterocycles. The molecule has 1 atom stereocenters. The second kappa shape index (κ2) is 8.39. The molecule has 3 aromatic rings. The lowest BCUT2D eigenvalue weighted by atomic mass is 9.85. The van der Waals surface area contributed by atoms with Crippen LogP contribution < -0.4 is 0 Å². The Morgan fingerprint density at radius 1 is 0.970 bits per heavy atom. The van der Waals surface area contributed by atoms with Gasteiger partial charge in [0.05, 0.1) is 5.71 Å². The fourth-order valence-electron chi connectivity index (χ4n) is 3.75. The highest BCUT2D eigenvalue weighted by Gasteiger charge is 2.62. The molecule has 1 aliphatic heterocycles. The van der Waals surface area contributed by atoms with E-state index in [2.05, 4.69) is 36.3 Å². The largest absolute Gasteiger partial charge is 0.435 e. The van der Waals surface area contributed by atoms with Crippen LogP contribution in [0.3, 0.4) is 0 Å². The monoisotopic (exact) mass is 505 g/mol. The quantitative estimate of drug-likeness (QED) is 0.255. The molecule has 0 aliphatic carbocycles. The molecule has 2 nitrogen and oxygen atoms in total. The zero-order valence-corrected chi connectivity index (χ0v) is 20.7. The Morgan fingerprint density at radius 3 is 2.21 bits per heavy atom. The summed E-state index contributed by atoms with van der Waals surface area (Å²) in [7, 11) is -1.60. The van der Waals surface area contributed by atoms with Crippen LogP contribution in [0.5, 0.6) is 0 Å². The minimum Gasteiger partial charge on any atom is -0.374 e. The zero-order valence-electron chi connectivity index (χ0n) is 18.1. The molecule has 170 valence electrons. The van der Waals surface area contributed by atoms with E-state index in [1.807, 2.05) is 30.3 Å². The molecule has 0 aromatic heterocycles. The molecule has 1 aliphatic rings. The van der Waals surface area contributed by atoms with E-state index >= 15 is 0 Å². The number of fused-ring (bicyclic) bond motifs is 1. The van der Waals surface area contributed by atoms with Crippen LogP contribution in [-0.2, 0) is 10.4 Å². The van der Waals surface area contributed by atoms with Gasteiger partial charge in [-0.15, -0.1) is 5.54 Å². The van der Waals surface area contributed by atoms with Crippen LogP contribution in [0.4, 0.5) is 13.2 Å². The lowest BCUT2D eigenvalue weighted by Gasteiger charge is -2.29. The van der Waals surface area contributed by atoms with Gasteiger partial charge in [-0.3, -0.25) is 0 Å². The van der Waals surface area contributed by atoms with Gasteiger partial charge in [-0.25, -0.2) is 0 Å². The maximum Gasteiger partial charge on any atom is 0.435 e. The topological polar surface area (TPSA) is 21.6 Å². The number of hydrogen-bond acceptors (Lipinski definition) is 2. The molecule has 0 bridgehead atoms. The fraction of sp³-hybridized carbons (Fsp3) is 0.240. The lowest BCUT2D eigenvalue weighted by Crippen LogP contribution is -2.42. The molecule has 0 saturated carbocycles. The highest BCUT2D eigenvalue weighted by Crippen LogP contribution is 2.50. The van der Waals surface area contributed by atoms with Crippen molar-refractivity contribution in [3.05, 3.63) is 81.3 Å². The number of nitrogens with zero attached hydrogens (tertiary/aromatic N) is 1. The van der Waals surface area contributed by atoms with Crippen molar-refractivity contribution in [3.63, 3.8) is 0 Å². The van der Waals surface area contributed by atoms with Crippen molar-refractivity contribution in [1.82, 2.24) is 0 Å². The summed E-state index contributed by atoms with van der Waals surface area (Å²) in [6, 6.07) is 14.9. The molecule has 33 heavy (non-hydrogen) atoms. The lowest BCUT2D eigenvalue weighted by molar-refractivity contribution is -0.275. The third kappa shape index (κ3) is 4.63. The minimum absolute atomic E-state index is 0.0916. The van der Waals surface area contributed by atoms with Gasteiger partial charge in [0.25, 0.3) is 5.60 Å². The van der Waals surface area contributed by atoms with Crippen LogP contribution in [0.1, 0.15) is 23.1 Å². The van der Waals surface area contributed by atoms with E-state index in [4.69, 9.17) is 28.0 Å². The van der Waals surface area contributed by atoms with Crippen LogP contribution in [-0.4, -0.2) is 20.0 Å². The summed E-state index contributed by atoms with van der Waals surface area (Å²) >= 11 is 12.0. The van der Waals surface area contributed by atoms with Gasteiger partial charge in [0.15, 0.2) is 0 Å². The van der Waals surface area contributed by atoms with E-state index in [1.165, 1.54) is 18.2 Å². The number of oxime groups is 1. The van der Waals surface area contributed by atoms with Gasteiger partial charge in [-0.2, -0.15) is 13.2 Å². The summed E-state index contributed by atoms with van der Waals surface area (Å²) in [6.07, 6.45) is -5.25. The van der Waals surface area contributed by atoms with E-state index in [0.717, 1.165) is 16.3 Å². The molecule has 0 radical (unpaired) electrons. The first-order valence-electron chi connectivity index (χ1n) is 10.2. The van der Waals surface area contributed by atoms with Crippen LogP contribution in [0.25, 0.3) is 10.8 Å². The number of benzene rings is 3. The van der Waals surface area contributed by atoms with Gasteiger partial charge in [0, 0.05) is 33.2 Å². The summed E-state index contributed by atoms with van der Waals surface area (Å²) < 4.78 is 43.0. The Bertz CT molecular complexity index is 1320. The van der Waals surface area contributed by atoms with Gasteiger partial charge < -0.3 is 4.84 Å². The number of rotatable bonds is 2. The summed E-state index contributed by atoms with van der Waals surface area (Å²) in [5, 5.41) is 5.72. The number of alkyl halides is 3. The molecular formula is C25H20Cl2F3NOSi. The first-order chi connectivity index (χ1) is 15.4. The van der Waals surface area contributed by atoms with Crippen LogP contribution in [0, 0.1) is 11.5 Å². The first-order valence-corrected chi connectivity index (χ1v) is 14.5. The molecular weight excluding hydrogens is 486 g/mol. The second-order valence-electron chi connectivity index (χ2n) is 9.00. The Balaban J connectivity index is 1.81. The second-order valence-corrected chi connectivity index (χ2v) is 14.6. The Hall–Kier alpha value is -2.46. The zero-order chi connectivity index (χ0) is 24.0. The predicted molar refractivity (Wildman–Crippen MR) is 131 cm³/mol. The van der Waals surface area contributed by atoms with Gasteiger partial charge in [0.2, 0.25) is 0 Å². The van der Waals surface area contributed by atoms with Crippen LogP contribution in [0.2, 0.25) is 29.7 Å². The van der Waals surface area contributed by atoms with Crippen LogP contribution >= 0.6 is 23.2 Å². The predicted octanol–water partition coefficient (Wildman–Crippen LogP) is 7.96. The summed E-state index contributed by atoms with van der Waals surface area (Å²) in [5.41, 5.74) is 2.09. The van der Waals surface area contributed by atoms with E-state index in [-0.39, 0.29) is 21.3 Å². The summed E-state index contributed by atoms with van der Waals surface area (Å²) in [6.45, 7) is 6.46. The number of hydrogen-bond donors (Lipinski definition) is 0. The highest BCUT2D eigenvalue weighted by molar-refractivity contribution is 6.83. The summed E-state index contributed by atoms with van der Waals surface area (Å²) in [5.74, 6) is 3.26. The maximum atomic E-state index is 14.3. The van der Waals surface area contributed by atoms with Crippen molar-refractivity contribution >= 4 is 47.8 Å². The van der Waals surface area contributed by atoms with E-state index < -0.39 is 26.3 Å². The molecule has 0 N–H and O–H groups in total. The normalized spacial score (nSPS) is 18.5. The maximum absolute atomic E-state index is 14.3. The Labute approximate surface area is 201 Å². The van der Waals surface area contributed by atoms with Gasteiger partial charge in [-0.1, -0.05) is 84.3 Å². The van der Waals surface area contributed by atoms with Crippen molar-refractivity contribution in [2.45, 2.75) is 37.8 Å². The average Bonchev–Trinajstić information content (AvgIpc) is 3.17. The molecule has 1 heterocycles. The van der Waals surface area contributed by atoms with Crippen molar-refractivity contribution in [1.29, 1.82) is 0 Å². The Morgan fingerprint density at radius 2 is 1.61 bits per heavy atom. The molecule has 3 aromatic carbocycles. The molecule has 1 unspecified atom stereocenters. The van der Waals surface area contributed by atoms with Gasteiger partial charge >= 0.3 is 6.18 Å². The first kappa shape index (κ1) is 23.7. The smallest absolute Gasteiger partial charge is 0.374 e. The third-order valence-electron chi connectivity index (χ3n) is 5.32. The molecule has 4 rings (SSSR count). The van der Waals surface area contributed by atoms with Crippen molar-refractivity contribution in [2.75, 3.05) is 0 Å². The SMILES string of the molecule is C[Si](C)(C)C#Cc1ccc(C2=NOC(c3cc(Cl)cc(Cl)c3)(C(F)(F)F)C2)c2ccccc12. The molecule has 0 amide bonds. The fourth-order valence-corrected chi connectivity index (χ4v) is 4.79.